The zero-order chi connectivity index (χ0) is 23.5. The Balaban J connectivity index is 0.000000360. The molecule has 0 radical (unpaired) electrons. The van der Waals surface area contributed by atoms with E-state index in [2.05, 4.69) is 35.2 Å². The van der Waals surface area contributed by atoms with E-state index in [0.29, 0.717) is 12.1 Å². The highest BCUT2D eigenvalue weighted by Gasteiger charge is 2.38. The second-order valence-corrected chi connectivity index (χ2v) is 7.72. The first-order valence-electron chi connectivity index (χ1n) is 10.0. The van der Waals surface area contributed by atoms with E-state index in [9.17, 15) is 23.1 Å². The van der Waals surface area contributed by atoms with Crippen LogP contribution in [0, 0.1) is 0 Å². The monoisotopic (exact) mass is 448 g/mol. The minimum absolute atomic E-state index is 0.0113. The van der Waals surface area contributed by atoms with Gasteiger partial charge < -0.3 is 15.9 Å². The van der Waals surface area contributed by atoms with Crippen molar-refractivity contribution in [1.82, 2.24) is 4.90 Å². The number of carbonyl (C=O) groups excluding carboxylic acids is 1. The van der Waals surface area contributed by atoms with Crippen LogP contribution in [0.1, 0.15) is 40.7 Å². The highest BCUT2D eigenvalue weighted by atomic mass is 19.4. The van der Waals surface area contributed by atoms with Crippen molar-refractivity contribution in [1.29, 1.82) is 0 Å². The van der Waals surface area contributed by atoms with E-state index in [1.807, 2.05) is 12.1 Å². The molecule has 170 valence electrons. The molecule has 1 fully saturated rings. The van der Waals surface area contributed by atoms with Gasteiger partial charge in [0.1, 0.15) is 5.75 Å². The standard InChI is InChI=1S/C21H22N2O2.C2HF3O2/c22-21(25)19-8-4-7-18(20(19)24)15-11-16-9-10-17(12-15)23(16)13-14-5-2-1-3-6-14;3-2(4,5)1(6)7/h1-8,11,16-17,24H,9-10,12-13H2,(H2,22,25);(H,6,7). The molecule has 1 amide bonds. The number of fused-ring (bicyclic) bond motifs is 2. The molecule has 2 bridgehead atoms. The van der Waals surface area contributed by atoms with Gasteiger partial charge in [-0.1, -0.05) is 48.5 Å². The van der Waals surface area contributed by atoms with Gasteiger partial charge in [0.05, 0.1) is 5.56 Å². The third kappa shape index (κ3) is 5.28. The van der Waals surface area contributed by atoms with Crippen molar-refractivity contribution >= 4 is 17.4 Å². The molecule has 2 heterocycles. The zero-order valence-electron chi connectivity index (χ0n) is 17.0. The third-order valence-corrected chi connectivity index (χ3v) is 5.64. The average molecular weight is 448 g/mol. The number of nitrogens with two attached hydrogens (primary N) is 1. The Kier molecular flexibility index (Phi) is 6.88. The molecule has 2 aliphatic rings. The van der Waals surface area contributed by atoms with E-state index >= 15 is 0 Å². The number of amides is 1. The summed E-state index contributed by atoms with van der Waals surface area (Å²) < 4.78 is 31.7. The normalized spacial score (nSPS) is 20.2. The fourth-order valence-corrected chi connectivity index (χ4v) is 4.16. The maximum Gasteiger partial charge on any atom is 0.490 e. The van der Waals surface area contributed by atoms with E-state index in [1.165, 1.54) is 5.56 Å². The molecule has 0 spiro atoms. The van der Waals surface area contributed by atoms with E-state index < -0.39 is 18.1 Å². The molecule has 0 aromatic heterocycles. The van der Waals surface area contributed by atoms with Crippen LogP contribution >= 0.6 is 0 Å². The Hall–Kier alpha value is -3.33. The first-order valence-corrected chi connectivity index (χ1v) is 10.0. The smallest absolute Gasteiger partial charge is 0.490 e. The van der Waals surface area contributed by atoms with Crippen LogP contribution in [0.25, 0.3) is 5.57 Å². The van der Waals surface area contributed by atoms with E-state index in [4.69, 9.17) is 15.6 Å². The molecule has 4 N–H and O–H groups in total. The summed E-state index contributed by atoms with van der Waals surface area (Å²) in [5.41, 5.74) is 8.75. The highest BCUT2D eigenvalue weighted by molar-refractivity contribution is 5.97. The van der Waals surface area contributed by atoms with Gasteiger partial charge >= 0.3 is 12.1 Å². The summed E-state index contributed by atoms with van der Waals surface area (Å²) in [6.45, 7) is 0.952. The summed E-state index contributed by atoms with van der Waals surface area (Å²) in [5.74, 6) is -3.34. The van der Waals surface area contributed by atoms with Crippen molar-refractivity contribution < 1.29 is 33.0 Å². The maximum absolute atomic E-state index is 11.5. The number of aromatic hydroxyl groups is 1. The molecular formula is C23H23F3N2O4. The van der Waals surface area contributed by atoms with Gasteiger partial charge in [0, 0.05) is 24.2 Å². The number of para-hydroxylation sites is 1. The number of rotatable bonds is 4. The highest BCUT2D eigenvalue weighted by Crippen LogP contribution is 2.42. The van der Waals surface area contributed by atoms with Crippen LogP contribution < -0.4 is 5.73 Å². The second kappa shape index (κ2) is 9.44. The van der Waals surface area contributed by atoms with E-state index in [1.54, 1.807) is 12.1 Å². The first kappa shape index (κ1) is 23.3. The Morgan fingerprint density at radius 2 is 1.72 bits per heavy atom. The Bertz CT molecular complexity index is 1020. The molecule has 2 unspecified atom stereocenters. The van der Waals surface area contributed by atoms with E-state index in [0.717, 1.165) is 36.9 Å². The summed E-state index contributed by atoms with van der Waals surface area (Å²) >= 11 is 0. The fourth-order valence-electron chi connectivity index (χ4n) is 4.16. The number of benzene rings is 2. The van der Waals surface area contributed by atoms with Crippen molar-refractivity contribution in [3.05, 3.63) is 71.3 Å². The lowest BCUT2D eigenvalue weighted by molar-refractivity contribution is -0.192. The first-order chi connectivity index (χ1) is 15.1. The summed E-state index contributed by atoms with van der Waals surface area (Å²) in [6.07, 6.45) is 0.358. The third-order valence-electron chi connectivity index (χ3n) is 5.64. The number of primary amides is 1. The number of carbonyl (C=O) groups is 2. The van der Waals surface area contributed by atoms with Crippen LogP contribution in [0.2, 0.25) is 0 Å². The molecule has 2 aromatic carbocycles. The van der Waals surface area contributed by atoms with Crippen LogP contribution in [0.15, 0.2) is 54.6 Å². The molecule has 2 aromatic rings. The predicted octanol–water partition coefficient (Wildman–Crippen LogP) is 3.94. The van der Waals surface area contributed by atoms with Gasteiger partial charge in [-0.05, 0) is 36.5 Å². The van der Waals surface area contributed by atoms with Crippen molar-refractivity contribution in [3.8, 4) is 5.75 Å². The summed E-state index contributed by atoms with van der Waals surface area (Å²) in [5, 5.41) is 17.6. The number of hydrogen-bond acceptors (Lipinski definition) is 4. The molecule has 2 atom stereocenters. The number of alkyl halides is 3. The number of carboxylic acid groups (broad SMARTS) is 1. The molecule has 32 heavy (non-hydrogen) atoms. The largest absolute Gasteiger partial charge is 0.506 e. The number of halogens is 3. The number of nitrogens with zero attached hydrogens (tertiary/aromatic N) is 1. The molecule has 9 heteroatoms. The minimum Gasteiger partial charge on any atom is -0.506 e. The van der Waals surface area contributed by atoms with Crippen LogP contribution in [0.4, 0.5) is 13.2 Å². The quantitative estimate of drug-likeness (QED) is 0.657. The predicted molar refractivity (Wildman–Crippen MR) is 112 cm³/mol. The number of carboxylic acids is 1. The molecule has 4 rings (SSSR count). The van der Waals surface area contributed by atoms with Gasteiger partial charge in [0.15, 0.2) is 0 Å². The lowest BCUT2D eigenvalue weighted by atomic mass is 9.92. The number of aliphatic carboxylic acids is 1. The minimum atomic E-state index is -5.08. The van der Waals surface area contributed by atoms with Gasteiger partial charge in [0.2, 0.25) is 0 Å². The molecule has 1 saturated heterocycles. The van der Waals surface area contributed by atoms with Gasteiger partial charge in [-0.25, -0.2) is 4.79 Å². The van der Waals surface area contributed by atoms with Gasteiger partial charge in [-0.2, -0.15) is 13.2 Å². The average Bonchev–Trinajstić information content (AvgIpc) is 2.95. The van der Waals surface area contributed by atoms with Crippen molar-refractivity contribution in [2.75, 3.05) is 0 Å². The lowest BCUT2D eigenvalue weighted by Gasteiger charge is -2.34. The summed E-state index contributed by atoms with van der Waals surface area (Å²) in [6, 6.07) is 16.6. The van der Waals surface area contributed by atoms with Crippen LogP contribution in [0.3, 0.4) is 0 Å². The van der Waals surface area contributed by atoms with Crippen molar-refractivity contribution in [2.45, 2.75) is 44.1 Å². The summed E-state index contributed by atoms with van der Waals surface area (Å²) in [4.78, 5) is 22.9. The number of phenols is 1. The summed E-state index contributed by atoms with van der Waals surface area (Å²) in [7, 11) is 0. The Morgan fingerprint density at radius 3 is 2.28 bits per heavy atom. The lowest BCUT2D eigenvalue weighted by Crippen LogP contribution is -2.37. The fraction of sp³-hybridized carbons (Fsp3) is 0.304. The van der Waals surface area contributed by atoms with Crippen molar-refractivity contribution in [2.24, 2.45) is 5.73 Å². The molecule has 2 aliphatic heterocycles. The molecule has 0 aliphatic carbocycles. The van der Waals surface area contributed by atoms with Crippen LogP contribution in [-0.4, -0.2) is 45.2 Å². The van der Waals surface area contributed by atoms with Crippen LogP contribution in [-0.2, 0) is 11.3 Å². The zero-order valence-corrected chi connectivity index (χ0v) is 17.0. The molecular weight excluding hydrogens is 425 g/mol. The van der Waals surface area contributed by atoms with Gasteiger partial charge in [-0.3, -0.25) is 9.69 Å². The van der Waals surface area contributed by atoms with Gasteiger partial charge in [0.25, 0.3) is 5.91 Å². The maximum atomic E-state index is 11.5. The van der Waals surface area contributed by atoms with E-state index in [-0.39, 0.29) is 11.3 Å². The van der Waals surface area contributed by atoms with Crippen molar-refractivity contribution in [3.63, 3.8) is 0 Å². The Labute approximate surface area is 182 Å². The van der Waals surface area contributed by atoms with Crippen LogP contribution in [0.5, 0.6) is 5.75 Å². The molecule has 0 saturated carbocycles. The Morgan fingerprint density at radius 1 is 1.06 bits per heavy atom. The topological polar surface area (TPSA) is 104 Å². The van der Waals surface area contributed by atoms with Gasteiger partial charge in [-0.15, -0.1) is 0 Å². The molecule has 6 nitrogen and oxygen atoms in total. The number of hydrogen-bond donors (Lipinski definition) is 3. The second-order valence-electron chi connectivity index (χ2n) is 7.72. The SMILES string of the molecule is NC(=O)c1cccc(C2=CC3CCC(C2)N3Cc2ccccc2)c1O.O=C(O)C(F)(F)F.